The number of aromatic hydroxyl groups is 1. The number of aromatic amines is 1. The molecule has 0 aliphatic rings. The van der Waals surface area contributed by atoms with E-state index in [9.17, 15) is 5.11 Å². The highest BCUT2D eigenvalue weighted by Crippen LogP contribution is 2.23. The predicted octanol–water partition coefficient (Wildman–Crippen LogP) is 3.64. The molecule has 0 aliphatic heterocycles. The number of nitrogens with two attached hydrogens (primary N) is 1. The number of phenolic OH excluding ortho intramolecular Hbond substituents is 1. The van der Waals surface area contributed by atoms with Gasteiger partial charge in [-0.15, -0.1) is 0 Å². The lowest BCUT2D eigenvalue weighted by Crippen LogP contribution is -2.02. The Labute approximate surface area is 153 Å². The number of nitrogens with zero attached hydrogens (tertiary/aromatic N) is 5. The fourth-order valence-corrected chi connectivity index (χ4v) is 2.42. The second-order valence-corrected chi connectivity index (χ2v) is 5.66. The summed E-state index contributed by atoms with van der Waals surface area (Å²) in [6, 6.07) is 13.9. The number of hydrogen-bond acceptors (Lipinski definition) is 8. The monoisotopic (exact) mass is 361 g/mol. The van der Waals surface area contributed by atoms with Crippen LogP contribution in [0, 0.1) is 0 Å². The van der Waals surface area contributed by atoms with Gasteiger partial charge in [-0.3, -0.25) is 0 Å². The number of fused-ring (bicyclic) bond motifs is 1. The molecule has 27 heavy (non-hydrogen) atoms. The summed E-state index contributed by atoms with van der Waals surface area (Å²) >= 11 is 0. The van der Waals surface area contributed by atoms with E-state index >= 15 is 0 Å². The minimum atomic E-state index is 0.109. The van der Waals surface area contributed by atoms with E-state index < -0.39 is 0 Å². The van der Waals surface area contributed by atoms with Crippen LogP contribution in [0.3, 0.4) is 0 Å². The summed E-state index contributed by atoms with van der Waals surface area (Å²) in [4.78, 5) is 15.2. The lowest BCUT2D eigenvalue weighted by molar-refractivity contribution is 0.297. The van der Waals surface area contributed by atoms with E-state index in [0.29, 0.717) is 28.4 Å². The Morgan fingerprint density at radius 1 is 1.04 bits per heavy atom. The van der Waals surface area contributed by atoms with Crippen molar-refractivity contribution in [1.29, 1.82) is 0 Å². The molecule has 4 rings (SSSR count). The summed E-state index contributed by atoms with van der Waals surface area (Å²) in [6.45, 7) is 0.265. The van der Waals surface area contributed by atoms with Crippen molar-refractivity contribution >= 4 is 28.5 Å². The molecule has 0 spiro atoms. The Bertz CT molecular complexity index is 1110. The Hall–Kier alpha value is -4.01. The van der Waals surface area contributed by atoms with Crippen LogP contribution in [0.15, 0.2) is 65.1 Å². The SMILES string of the molecule is Nc1nc(OCc2cccc(N=Nc3ccc(O)cc3)c2)c2nc[nH]c2n1. The normalized spacial score (nSPS) is 11.3. The number of azo groups is 1. The van der Waals surface area contributed by atoms with Gasteiger partial charge in [-0.2, -0.15) is 20.2 Å². The smallest absolute Gasteiger partial charge is 0.247 e. The largest absolute Gasteiger partial charge is 0.508 e. The summed E-state index contributed by atoms with van der Waals surface area (Å²) < 4.78 is 5.76. The summed E-state index contributed by atoms with van der Waals surface area (Å²) in [7, 11) is 0. The van der Waals surface area contributed by atoms with E-state index in [-0.39, 0.29) is 18.3 Å². The van der Waals surface area contributed by atoms with Crippen LogP contribution in [0.25, 0.3) is 11.2 Å². The maximum Gasteiger partial charge on any atom is 0.247 e. The number of ether oxygens (including phenoxy) is 1. The molecule has 2 heterocycles. The summed E-state index contributed by atoms with van der Waals surface area (Å²) in [5.41, 5.74) is 8.94. The molecular formula is C18H15N7O2. The molecular weight excluding hydrogens is 346 g/mol. The number of H-pyrrole nitrogens is 1. The van der Waals surface area contributed by atoms with Crippen molar-refractivity contribution in [2.45, 2.75) is 6.61 Å². The first-order chi connectivity index (χ1) is 13.2. The third-order valence-electron chi connectivity index (χ3n) is 3.68. The number of anilines is 1. The van der Waals surface area contributed by atoms with Crippen molar-refractivity contribution < 1.29 is 9.84 Å². The molecule has 2 aromatic carbocycles. The highest BCUT2D eigenvalue weighted by Gasteiger charge is 2.10. The third kappa shape index (κ3) is 3.82. The Balaban J connectivity index is 1.49. The first-order valence-corrected chi connectivity index (χ1v) is 8.06. The van der Waals surface area contributed by atoms with Crippen molar-refractivity contribution in [3.8, 4) is 11.6 Å². The predicted molar refractivity (Wildman–Crippen MR) is 99.2 cm³/mol. The fraction of sp³-hybridized carbons (Fsp3) is 0.0556. The highest BCUT2D eigenvalue weighted by atomic mass is 16.5. The van der Waals surface area contributed by atoms with E-state index in [1.54, 1.807) is 24.3 Å². The minimum Gasteiger partial charge on any atom is -0.508 e. The first-order valence-electron chi connectivity index (χ1n) is 8.06. The molecule has 9 heteroatoms. The second-order valence-electron chi connectivity index (χ2n) is 5.66. The fourth-order valence-electron chi connectivity index (χ4n) is 2.42. The van der Waals surface area contributed by atoms with Gasteiger partial charge in [-0.05, 0) is 42.0 Å². The molecule has 2 aromatic heterocycles. The molecule has 4 aromatic rings. The summed E-state index contributed by atoms with van der Waals surface area (Å²) in [5.74, 6) is 0.609. The molecule has 0 aliphatic carbocycles. The van der Waals surface area contributed by atoms with Crippen LogP contribution in [0.4, 0.5) is 17.3 Å². The standard InChI is InChI=1S/C18H15N7O2/c19-18-22-16-15(20-10-21-16)17(23-18)27-9-11-2-1-3-13(8-11)25-24-12-4-6-14(26)7-5-12/h1-8,10,26H,9H2,(H3,19,20,21,22,23). The van der Waals surface area contributed by atoms with Crippen LogP contribution in [-0.2, 0) is 6.61 Å². The van der Waals surface area contributed by atoms with Gasteiger partial charge in [0.05, 0.1) is 17.7 Å². The van der Waals surface area contributed by atoms with Gasteiger partial charge in [0.1, 0.15) is 12.4 Å². The van der Waals surface area contributed by atoms with Crippen molar-refractivity contribution in [3.05, 3.63) is 60.4 Å². The van der Waals surface area contributed by atoms with Gasteiger partial charge in [-0.1, -0.05) is 12.1 Å². The number of hydrogen-bond donors (Lipinski definition) is 3. The molecule has 0 unspecified atom stereocenters. The van der Waals surface area contributed by atoms with E-state index in [4.69, 9.17) is 10.5 Å². The first kappa shape index (κ1) is 16.5. The van der Waals surface area contributed by atoms with Gasteiger partial charge >= 0.3 is 0 Å². The molecule has 0 radical (unpaired) electrons. The molecule has 0 saturated carbocycles. The van der Waals surface area contributed by atoms with Crippen molar-refractivity contribution in [1.82, 2.24) is 19.9 Å². The lowest BCUT2D eigenvalue weighted by Gasteiger charge is -2.06. The zero-order valence-corrected chi connectivity index (χ0v) is 14.1. The van der Waals surface area contributed by atoms with Crippen LogP contribution >= 0.6 is 0 Å². The van der Waals surface area contributed by atoms with Gasteiger partial charge in [0.25, 0.3) is 0 Å². The van der Waals surface area contributed by atoms with Crippen molar-refractivity contribution in [2.24, 2.45) is 10.2 Å². The zero-order valence-electron chi connectivity index (χ0n) is 14.1. The quantitative estimate of drug-likeness (QED) is 0.465. The highest BCUT2D eigenvalue weighted by molar-refractivity contribution is 5.76. The van der Waals surface area contributed by atoms with Gasteiger partial charge in [0, 0.05) is 0 Å². The average molecular weight is 361 g/mol. The number of nitrogen functional groups attached to an aromatic ring is 1. The molecule has 0 bridgehead atoms. The molecule has 0 saturated heterocycles. The minimum absolute atomic E-state index is 0.109. The third-order valence-corrected chi connectivity index (χ3v) is 3.68. The van der Waals surface area contributed by atoms with Crippen LogP contribution in [0.1, 0.15) is 5.56 Å². The molecule has 0 atom stereocenters. The number of phenols is 1. The molecule has 9 nitrogen and oxygen atoms in total. The zero-order chi connectivity index (χ0) is 18.6. The van der Waals surface area contributed by atoms with Crippen LogP contribution < -0.4 is 10.5 Å². The maximum atomic E-state index is 9.29. The number of imidazole rings is 1. The summed E-state index contributed by atoms with van der Waals surface area (Å²) in [6.07, 6.45) is 1.51. The van der Waals surface area contributed by atoms with Crippen LogP contribution in [0.2, 0.25) is 0 Å². The van der Waals surface area contributed by atoms with E-state index in [1.165, 1.54) is 6.33 Å². The number of nitrogens with one attached hydrogen (secondary N) is 1. The van der Waals surface area contributed by atoms with Gasteiger partial charge in [0.15, 0.2) is 11.2 Å². The molecule has 0 amide bonds. The molecule has 4 N–H and O–H groups in total. The van der Waals surface area contributed by atoms with E-state index in [2.05, 4.69) is 30.2 Å². The van der Waals surface area contributed by atoms with Crippen molar-refractivity contribution in [2.75, 3.05) is 5.73 Å². The van der Waals surface area contributed by atoms with Crippen molar-refractivity contribution in [3.63, 3.8) is 0 Å². The average Bonchev–Trinajstić information content (AvgIpc) is 3.14. The van der Waals surface area contributed by atoms with Crippen LogP contribution in [0.5, 0.6) is 11.6 Å². The Morgan fingerprint density at radius 3 is 2.70 bits per heavy atom. The van der Waals surface area contributed by atoms with Gasteiger partial charge in [-0.25, -0.2) is 4.98 Å². The Morgan fingerprint density at radius 2 is 1.85 bits per heavy atom. The maximum absolute atomic E-state index is 9.29. The number of aromatic nitrogens is 4. The lowest BCUT2D eigenvalue weighted by atomic mass is 10.2. The number of rotatable bonds is 5. The van der Waals surface area contributed by atoms with E-state index in [0.717, 1.165) is 5.56 Å². The van der Waals surface area contributed by atoms with E-state index in [1.807, 2.05) is 24.3 Å². The van der Waals surface area contributed by atoms with Crippen LogP contribution in [-0.4, -0.2) is 25.0 Å². The Kier molecular flexibility index (Phi) is 4.32. The second kappa shape index (κ2) is 7.08. The van der Waals surface area contributed by atoms with Gasteiger partial charge in [0.2, 0.25) is 11.8 Å². The van der Waals surface area contributed by atoms with Gasteiger partial charge < -0.3 is 20.6 Å². The summed E-state index contributed by atoms with van der Waals surface area (Å²) in [5, 5.41) is 17.6. The topological polar surface area (TPSA) is 135 Å². The number of benzene rings is 2. The molecule has 0 fully saturated rings. The molecule has 134 valence electrons.